The van der Waals surface area contributed by atoms with Gasteiger partial charge >= 0.3 is 0 Å². The molecule has 0 spiro atoms. The number of piperazine rings is 1. The molecule has 1 saturated heterocycles. The fraction of sp³-hybridized carbons (Fsp3) is 0.471. The summed E-state index contributed by atoms with van der Waals surface area (Å²) in [6.07, 6.45) is 0. The molecule has 0 bridgehead atoms. The van der Waals surface area contributed by atoms with Gasteiger partial charge in [-0.1, -0.05) is 35.0 Å². The van der Waals surface area contributed by atoms with Crippen molar-refractivity contribution in [1.29, 1.82) is 0 Å². The number of amides is 1. The van der Waals surface area contributed by atoms with E-state index in [1.165, 1.54) is 5.56 Å². The topological polar surface area (TPSA) is 88.5 Å². The van der Waals surface area contributed by atoms with Gasteiger partial charge in [-0.3, -0.25) is 9.69 Å². The standard InChI is InChI=1S/C17H23N5O2.ClH/c1-12-3-5-14(6-4-12)16-19-15(24-20-16)11-21-7-9-22(10-8-21)17(23)13(2)18;/h3-6,13H,7-11,18H2,1-2H3;1H. The zero-order valence-electron chi connectivity index (χ0n) is 14.5. The monoisotopic (exact) mass is 365 g/mol. The van der Waals surface area contributed by atoms with Crippen molar-refractivity contribution in [3.63, 3.8) is 0 Å². The van der Waals surface area contributed by atoms with Gasteiger partial charge in [0.15, 0.2) is 0 Å². The van der Waals surface area contributed by atoms with Crippen molar-refractivity contribution < 1.29 is 9.32 Å². The molecule has 7 nitrogen and oxygen atoms in total. The second-order valence-corrected chi connectivity index (χ2v) is 6.27. The summed E-state index contributed by atoms with van der Waals surface area (Å²) in [7, 11) is 0. The van der Waals surface area contributed by atoms with E-state index in [0.29, 0.717) is 31.3 Å². The van der Waals surface area contributed by atoms with Crippen LogP contribution in [0.5, 0.6) is 0 Å². The molecular formula is C17H24ClN5O2. The van der Waals surface area contributed by atoms with Gasteiger partial charge in [0, 0.05) is 31.7 Å². The predicted molar refractivity (Wildman–Crippen MR) is 97.2 cm³/mol. The highest BCUT2D eigenvalue weighted by Gasteiger charge is 2.24. The van der Waals surface area contributed by atoms with Gasteiger partial charge in [-0.2, -0.15) is 4.98 Å². The first-order valence-corrected chi connectivity index (χ1v) is 8.19. The Balaban J connectivity index is 0.00000225. The Kier molecular flexibility index (Phi) is 6.52. The lowest BCUT2D eigenvalue weighted by molar-refractivity contribution is -0.134. The van der Waals surface area contributed by atoms with Crippen LogP contribution < -0.4 is 5.73 Å². The molecule has 1 amide bonds. The molecule has 1 aliphatic heterocycles. The van der Waals surface area contributed by atoms with Gasteiger partial charge < -0.3 is 15.2 Å². The van der Waals surface area contributed by atoms with Crippen molar-refractivity contribution >= 4 is 18.3 Å². The van der Waals surface area contributed by atoms with E-state index >= 15 is 0 Å². The van der Waals surface area contributed by atoms with E-state index in [1.807, 2.05) is 36.1 Å². The Morgan fingerprint density at radius 2 is 1.88 bits per heavy atom. The molecule has 1 fully saturated rings. The van der Waals surface area contributed by atoms with E-state index in [0.717, 1.165) is 18.7 Å². The van der Waals surface area contributed by atoms with Crippen LogP contribution in [-0.4, -0.2) is 58.1 Å². The van der Waals surface area contributed by atoms with Crippen LogP contribution in [0.3, 0.4) is 0 Å². The van der Waals surface area contributed by atoms with Crippen molar-refractivity contribution in [2.75, 3.05) is 26.2 Å². The van der Waals surface area contributed by atoms with Crippen molar-refractivity contribution in [3.05, 3.63) is 35.7 Å². The Bertz CT molecular complexity index is 693. The summed E-state index contributed by atoms with van der Waals surface area (Å²) < 4.78 is 5.36. The molecule has 8 heteroatoms. The maximum atomic E-state index is 11.9. The third-order valence-corrected chi connectivity index (χ3v) is 4.21. The van der Waals surface area contributed by atoms with E-state index in [-0.39, 0.29) is 18.3 Å². The van der Waals surface area contributed by atoms with Crippen molar-refractivity contribution in [2.45, 2.75) is 26.4 Å². The van der Waals surface area contributed by atoms with E-state index in [2.05, 4.69) is 15.0 Å². The maximum Gasteiger partial charge on any atom is 0.241 e. The number of halogens is 1. The third kappa shape index (κ3) is 4.78. The Hall–Kier alpha value is -1.96. The van der Waals surface area contributed by atoms with Crippen molar-refractivity contribution in [2.24, 2.45) is 5.73 Å². The van der Waals surface area contributed by atoms with Gasteiger partial charge in [-0.15, -0.1) is 12.4 Å². The van der Waals surface area contributed by atoms with Crippen LogP contribution in [-0.2, 0) is 11.3 Å². The minimum atomic E-state index is -0.440. The third-order valence-electron chi connectivity index (χ3n) is 4.21. The largest absolute Gasteiger partial charge is 0.339 e. The second kappa shape index (κ2) is 8.42. The minimum Gasteiger partial charge on any atom is -0.339 e. The summed E-state index contributed by atoms with van der Waals surface area (Å²) in [5.41, 5.74) is 7.80. The molecule has 0 radical (unpaired) electrons. The number of hydrogen-bond acceptors (Lipinski definition) is 6. The summed E-state index contributed by atoms with van der Waals surface area (Å²) in [6, 6.07) is 7.59. The summed E-state index contributed by atoms with van der Waals surface area (Å²) in [5, 5.41) is 4.05. The summed E-state index contributed by atoms with van der Waals surface area (Å²) in [6.45, 7) is 7.28. The molecule has 1 unspecified atom stereocenters. The fourth-order valence-corrected chi connectivity index (χ4v) is 2.74. The number of nitrogens with two attached hydrogens (primary N) is 1. The highest BCUT2D eigenvalue weighted by Crippen LogP contribution is 2.17. The Labute approximate surface area is 153 Å². The number of carbonyl (C=O) groups is 1. The molecular weight excluding hydrogens is 342 g/mol. The van der Waals surface area contributed by atoms with Crippen molar-refractivity contribution in [1.82, 2.24) is 19.9 Å². The highest BCUT2D eigenvalue weighted by atomic mass is 35.5. The van der Waals surface area contributed by atoms with E-state index in [1.54, 1.807) is 6.92 Å². The lowest BCUT2D eigenvalue weighted by atomic mass is 10.1. The van der Waals surface area contributed by atoms with Gasteiger partial charge in [0.2, 0.25) is 17.6 Å². The zero-order chi connectivity index (χ0) is 17.1. The zero-order valence-corrected chi connectivity index (χ0v) is 15.3. The van der Waals surface area contributed by atoms with Crippen LogP contribution in [0.15, 0.2) is 28.8 Å². The Morgan fingerprint density at radius 3 is 2.48 bits per heavy atom. The molecule has 1 atom stereocenters. The number of benzene rings is 1. The molecule has 2 N–H and O–H groups in total. The normalized spacial score (nSPS) is 16.4. The van der Waals surface area contributed by atoms with Gasteiger partial charge in [0.1, 0.15) is 0 Å². The number of nitrogens with zero attached hydrogens (tertiary/aromatic N) is 4. The average Bonchev–Trinajstić information content (AvgIpc) is 3.04. The lowest BCUT2D eigenvalue weighted by Gasteiger charge is -2.34. The molecule has 1 aliphatic rings. The summed E-state index contributed by atoms with van der Waals surface area (Å²) in [4.78, 5) is 20.4. The highest BCUT2D eigenvalue weighted by molar-refractivity contribution is 5.85. The molecule has 0 aliphatic carbocycles. The average molecular weight is 366 g/mol. The lowest BCUT2D eigenvalue weighted by Crippen LogP contribution is -2.52. The van der Waals surface area contributed by atoms with Crippen LogP contribution in [0.1, 0.15) is 18.4 Å². The van der Waals surface area contributed by atoms with Crippen LogP contribution >= 0.6 is 12.4 Å². The molecule has 136 valence electrons. The number of aromatic nitrogens is 2. The molecule has 2 aromatic rings. The van der Waals surface area contributed by atoms with Crippen LogP contribution in [0.4, 0.5) is 0 Å². The van der Waals surface area contributed by atoms with Gasteiger partial charge in [0.05, 0.1) is 12.6 Å². The van der Waals surface area contributed by atoms with Crippen molar-refractivity contribution in [3.8, 4) is 11.4 Å². The van der Waals surface area contributed by atoms with Gasteiger partial charge in [-0.25, -0.2) is 0 Å². The SMILES string of the molecule is Cc1ccc(-c2noc(CN3CCN(C(=O)C(C)N)CC3)n2)cc1.Cl. The van der Waals surface area contributed by atoms with Crippen LogP contribution in [0.2, 0.25) is 0 Å². The second-order valence-electron chi connectivity index (χ2n) is 6.27. The first kappa shape index (κ1) is 19.4. The van der Waals surface area contributed by atoms with E-state index in [4.69, 9.17) is 10.3 Å². The Morgan fingerprint density at radius 1 is 1.24 bits per heavy atom. The summed E-state index contributed by atoms with van der Waals surface area (Å²) in [5.74, 6) is 1.21. The smallest absolute Gasteiger partial charge is 0.241 e. The van der Waals surface area contributed by atoms with Crippen LogP contribution in [0.25, 0.3) is 11.4 Å². The number of hydrogen-bond donors (Lipinski definition) is 1. The van der Waals surface area contributed by atoms with E-state index < -0.39 is 6.04 Å². The molecule has 0 saturated carbocycles. The number of carbonyl (C=O) groups excluding carboxylic acids is 1. The van der Waals surface area contributed by atoms with Gasteiger partial charge in [-0.05, 0) is 13.8 Å². The number of aryl methyl sites for hydroxylation is 1. The minimum absolute atomic E-state index is 0. The van der Waals surface area contributed by atoms with Crippen LogP contribution in [0, 0.1) is 6.92 Å². The molecule has 3 rings (SSSR count). The fourth-order valence-electron chi connectivity index (χ4n) is 2.74. The maximum absolute atomic E-state index is 11.9. The van der Waals surface area contributed by atoms with E-state index in [9.17, 15) is 4.79 Å². The molecule has 25 heavy (non-hydrogen) atoms. The molecule has 1 aromatic heterocycles. The first-order valence-electron chi connectivity index (χ1n) is 8.19. The number of rotatable bonds is 4. The molecule has 1 aromatic carbocycles. The first-order chi connectivity index (χ1) is 11.5. The quantitative estimate of drug-likeness (QED) is 0.882. The van der Waals surface area contributed by atoms with Gasteiger partial charge in [0.25, 0.3) is 0 Å². The molecule has 2 heterocycles. The summed E-state index contributed by atoms with van der Waals surface area (Å²) >= 11 is 0. The predicted octanol–water partition coefficient (Wildman–Crippen LogP) is 1.46.